The molecule has 0 fully saturated rings. The first kappa shape index (κ1) is 18.9. The molecule has 0 spiro atoms. The average Bonchev–Trinajstić information content (AvgIpc) is 2.38. The van der Waals surface area contributed by atoms with E-state index in [0.29, 0.717) is 11.3 Å². The Hall–Kier alpha value is -2.11. The van der Waals surface area contributed by atoms with Crippen LogP contribution in [0.3, 0.4) is 0 Å². The van der Waals surface area contributed by atoms with Crippen molar-refractivity contribution in [1.82, 2.24) is 5.32 Å². The summed E-state index contributed by atoms with van der Waals surface area (Å²) in [6, 6.07) is 3.70. The second-order valence-corrected chi connectivity index (χ2v) is 6.52. The van der Waals surface area contributed by atoms with E-state index in [1.165, 1.54) is 18.2 Å². The smallest absolute Gasteiger partial charge is 0.407 e. The number of alkyl carbamates (subject to hydrolysis) is 1. The summed E-state index contributed by atoms with van der Waals surface area (Å²) in [5.74, 6) is -0.0178. The predicted molar refractivity (Wildman–Crippen MR) is 87.8 cm³/mol. The molecule has 1 amide bonds. The van der Waals surface area contributed by atoms with Crippen molar-refractivity contribution in [2.45, 2.75) is 59.3 Å². The molecule has 128 valence electrons. The molecule has 2 N–H and O–H groups in total. The molecule has 0 heterocycles. The van der Waals surface area contributed by atoms with Gasteiger partial charge in [0.2, 0.25) is 0 Å². The highest BCUT2D eigenvalue weighted by molar-refractivity contribution is 5.98. The Morgan fingerprint density at radius 3 is 2.43 bits per heavy atom. The molecule has 6 heteroatoms. The van der Waals surface area contributed by atoms with Crippen molar-refractivity contribution in [2.24, 2.45) is 0 Å². The van der Waals surface area contributed by atoms with Crippen molar-refractivity contribution in [1.29, 1.82) is 5.41 Å². The molecular weight excluding hydrogens is 299 g/mol. The van der Waals surface area contributed by atoms with Gasteiger partial charge in [0, 0.05) is 11.3 Å². The molecule has 0 bridgehead atoms. The summed E-state index contributed by atoms with van der Waals surface area (Å²) in [6.45, 7) is 10.5. The van der Waals surface area contributed by atoms with E-state index < -0.39 is 17.5 Å². The first-order valence-electron chi connectivity index (χ1n) is 7.51. The number of amides is 1. The van der Waals surface area contributed by atoms with Gasteiger partial charge in [-0.2, -0.15) is 0 Å². The number of nitrogens with one attached hydrogen (secondary N) is 2. The minimum Gasteiger partial charge on any atom is -0.488 e. The maximum absolute atomic E-state index is 13.3. The van der Waals surface area contributed by atoms with Crippen LogP contribution in [0, 0.1) is 11.2 Å². The summed E-state index contributed by atoms with van der Waals surface area (Å²) in [7, 11) is 0. The van der Waals surface area contributed by atoms with Crippen molar-refractivity contribution in [3.05, 3.63) is 29.6 Å². The third kappa shape index (κ3) is 6.26. The second-order valence-electron chi connectivity index (χ2n) is 6.52. The van der Waals surface area contributed by atoms with Crippen molar-refractivity contribution in [2.75, 3.05) is 0 Å². The quantitative estimate of drug-likeness (QED) is 0.807. The van der Waals surface area contributed by atoms with Gasteiger partial charge in [0.05, 0.1) is 6.04 Å². The molecule has 0 saturated carbocycles. The van der Waals surface area contributed by atoms with E-state index >= 15 is 0 Å². The van der Waals surface area contributed by atoms with E-state index in [-0.39, 0.29) is 17.9 Å². The van der Waals surface area contributed by atoms with Gasteiger partial charge >= 0.3 is 6.09 Å². The van der Waals surface area contributed by atoms with Crippen LogP contribution in [-0.2, 0) is 4.74 Å². The number of hydrogen-bond donors (Lipinski definition) is 2. The first-order chi connectivity index (χ1) is 10.5. The van der Waals surface area contributed by atoms with Gasteiger partial charge in [-0.05, 0) is 59.7 Å². The van der Waals surface area contributed by atoms with Crippen LogP contribution in [0.25, 0.3) is 0 Å². The highest BCUT2D eigenvalue weighted by Crippen LogP contribution is 2.22. The summed E-state index contributed by atoms with van der Waals surface area (Å²) >= 11 is 0. The molecule has 1 aromatic carbocycles. The van der Waals surface area contributed by atoms with Crippen LogP contribution in [0.15, 0.2) is 18.2 Å². The average molecular weight is 324 g/mol. The number of halogens is 1. The van der Waals surface area contributed by atoms with Gasteiger partial charge in [0.25, 0.3) is 0 Å². The van der Waals surface area contributed by atoms with Crippen LogP contribution >= 0.6 is 0 Å². The van der Waals surface area contributed by atoms with Gasteiger partial charge < -0.3 is 20.2 Å². The Kier molecular flexibility index (Phi) is 6.12. The van der Waals surface area contributed by atoms with Gasteiger partial charge in [0.1, 0.15) is 23.3 Å². The van der Waals surface area contributed by atoms with Crippen LogP contribution in [0.2, 0.25) is 0 Å². The fraction of sp³-hybridized carbons (Fsp3) is 0.529. The number of benzene rings is 1. The van der Waals surface area contributed by atoms with Crippen LogP contribution in [-0.4, -0.2) is 29.6 Å². The normalized spacial score (nSPS) is 13.9. The molecular formula is C17H25FN2O3. The summed E-state index contributed by atoms with van der Waals surface area (Å²) in [5.41, 5.74) is 0.0238. The first-order valence-corrected chi connectivity index (χ1v) is 7.51. The van der Waals surface area contributed by atoms with Crippen molar-refractivity contribution in [3.8, 4) is 5.75 Å². The molecule has 2 atom stereocenters. The maximum Gasteiger partial charge on any atom is 0.407 e. The molecule has 5 nitrogen and oxygen atoms in total. The minimum atomic E-state index is -0.574. The molecule has 1 aromatic rings. The van der Waals surface area contributed by atoms with Gasteiger partial charge in [-0.15, -0.1) is 0 Å². The van der Waals surface area contributed by atoms with Gasteiger partial charge in [-0.25, -0.2) is 9.18 Å². The van der Waals surface area contributed by atoms with Crippen molar-refractivity contribution < 1.29 is 18.7 Å². The number of hydrogen-bond acceptors (Lipinski definition) is 4. The third-order valence-corrected chi connectivity index (χ3v) is 3.11. The number of carbonyl (C=O) groups is 1. The fourth-order valence-corrected chi connectivity index (χ4v) is 1.81. The largest absolute Gasteiger partial charge is 0.488 e. The molecule has 0 aromatic heterocycles. The lowest BCUT2D eigenvalue weighted by molar-refractivity contribution is 0.0464. The highest BCUT2D eigenvalue weighted by atomic mass is 19.1. The number of ether oxygens (including phenoxy) is 2. The van der Waals surface area contributed by atoms with E-state index in [1.807, 2.05) is 0 Å². The van der Waals surface area contributed by atoms with Gasteiger partial charge in [-0.1, -0.05) is 0 Å². The van der Waals surface area contributed by atoms with E-state index in [0.717, 1.165) is 0 Å². The molecule has 0 saturated heterocycles. The zero-order valence-corrected chi connectivity index (χ0v) is 14.5. The summed E-state index contributed by atoms with van der Waals surface area (Å²) in [6.07, 6.45) is -0.908. The SMILES string of the molecule is CC(=N)c1cc(F)ccc1O[C@@H](C)C(C)NC(=O)OC(C)(C)C. The van der Waals surface area contributed by atoms with E-state index in [9.17, 15) is 9.18 Å². The van der Waals surface area contributed by atoms with Crippen molar-refractivity contribution >= 4 is 11.8 Å². The van der Waals surface area contributed by atoms with E-state index in [2.05, 4.69) is 5.32 Å². The standard InChI is InChI=1S/C17H25FN2O3/c1-10(19)14-9-13(18)7-8-15(14)22-12(3)11(2)20-16(21)23-17(4,5)6/h7-9,11-12,19H,1-6H3,(H,20,21)/t11?,12-/m0/s1. The Morgan fingerprint density at radius 1 is 1.30 bits per heavy atom. The molecule has 1 rings (SSSR count). The fourth-order valence-electron chi connectivity index (χ4n) is 1.81. The van der Waals surface area contributed by atoms with Crippen molar-refractivity contribution in [3.63, 3.8) is 0 Å². The molecule has 23 heavy (non-hydrogen) atoms. The van der Waals surface area contributed by atoms with Crippen LogP contribution in [0.1, 0.15) is 47.1 Å². The zero-order valence-electron chi connectivity index (χ0n) is 14.5. The summed E-state index contributed by atoms with van der Waals surface area (Å²) in [4.78, 5) is 11.8. The van der Waals surface area contributed by atoms with Crippen LogP contribution < -0.4 is 10.1 Å². The topological polar surface area (TPSA) is 71.4 Å². The monoisotopic (exact) mass is 324 g/mol. The Bertz CT molecular complexity index is 582. The Labute approximate surface area is 136 Å². The van der Waals surface area contributed by atoms with Gasteiger partial charge in [-0.3, -0.25) is 0 Å². The zero-order chi connectivity index (χ0) is 17.8. The number of rotatable bonds is 5. The Balaban J connectivity index is 2.74. The van der Waals surface area contributed by atoms with Crippen LogP contribution in [0.5, 0.6) is 5.75 Å². The third-order valence-electron chi connectivity index (χ3n) is 3.11. The molecule has 1 unspecified atom stereocenters. The van der Waals surface area contributed by atoms with E-state index in [1.54, 1.807) is 41.5 Å². The van der Waals surface area contributed by atoms with E-state index in [4.69, 9.17) is 14.9 Å². The minimum absolute atomic E-state index is 0.208. The lowest BCUT2D eigenvalue weighted by Gasteiger charge is -2.26. The molecule has 0 aliphatic carbocycles. The maximum atomic E-state index is 13.3. The lowest BCUT2D eigenvalue weighted by atomic mass is 10.1. The molecule has 0 aliphatic rings. The van der Waals surface area contributed by atoms with Gasteiger partial charge in [0.15, 0.2) is 0 Å². The molecule has 0 aliphatic heterocycles. The van der Waals surface area contributed by atoms with Crippen LogP contribution in [0.4, 0.5) is 9.18 Å². The Morgan fingerprint density at radius 2 is 1.91 bits per heavy atom. The summed E-state index contributed by atoms with van der Waals surface area (Å²) in [5, 5.41) is 10.4. The lowest BCUT2D eigenvalue weighted by Crippen LogP contribution is -2.44. The highest BCUT2D eigenvalue weighted by Gasteiger charge is 2.22. The predicted octanol–water partition coefficient (Wildman–Crippen LogP) is 3.89. The molecule has 0 radical (unpaired) electrons. The second kappa shape index (κ2) is 7.44. The summed E-state index contributed by atoms with van der Waals surface area (Å²) < 4.78 is 24.3. The number of carbonyl (C=O) groups excluding carboxylic acids is 1.